The lowest BCUT2D eigenvalue weighted by Crippen LogP contribution is -2.40. The third kappa shape index (κ3) is 4.49. The fourth-order valence-corrected chi connectivity index (χ4v) is 2.78. The fraction of sp³-hybridized carbons (Fsp3) is 0.562. The molecule has 0 spiro atoms. The molecule has 1 N–H and O–H groups in total. The Morgan fingerprint density at radius 3 is 2.91 bits per heavy atom. The highest BCUT2D eigenvalue weighted by Crippen LogP contribution is 2.17. The molecule has 1 saturated heterocycles. The molecule has 7 nitrogen and oxygen atoms in total. The second kappa shape index (κ2) is 7.52. The minimum atomic E-state index is -0.486. The molecule has 1 aliphatic heterocycles. The van der Waals surface area contributed by atoms with E-state index >= 15 is 0 Å². The van der Waals surface area contributed by atoms with Gasteiger partial charge in [-0.05, 0) is 54.4 Å². The summed E-state index contributed by atoms with van der Waals surface area (Å²) in [6, 6.07) is 7.49. The van der Waals surface area contributed by atoms with E-state index in [-0.39, 0.29) is 6.61 Å². The highest BCUT2D eigenvalue weighted by molar-refractivity contribution is 5.37. The first-order chi connectivity index (χ1) is 11.2. The second-order valence-electron chi connectivity index (χ2n) is 6.20. The van der Waals surface area contributed by atoms with E-state index in [1.54, 1.807) is 4.68 Å². The molecule has 0 radical (unpaired) electrons. The van der Waals surface area contributed by atoms with Crippen LogP contribution in [0.15, 0.2) is 30.6 Å². The molecule has 0 saturated carbocycles. The zero-order valence-corrected chi connectivity index (χ0v) is 13.4. The second-order valence-corrected chi connectivity index (χ2v) is 6.20. The number of ether oxygens (including phenoxy) is 1. The van der Waals surface area contributed by atoms with Crippen molar-refractivity contribution in [3.8, 4) is 11.4 Å². The maximum Gasteiger partial charge on any atom is 0.143 e. The Hall–Kier alpha value is -1.99. The van der Waals surface area contributed by atoms with Crippen molar-refractivity contribution in [3.05, 3.63) is 30.6 Å². The molecule has 1 atom stereocenters. The van der Waals surface area contributed by atoms with Gasteiger partial charge in [-0.3, -0.25) is 0 Å². The molecular weight excluding hydrogens is 294 g/mol. The van der Waals surface area contributed by atoms with Crippen LogP contribution >= 0.6 is 0 Å². The Kier molecular flexibility index (Phi) is 5.19. The van der Waals surface area contributed by atoms with E-state index in [4.69, 9.17) is 4.74 Å². The lowest BCUT2D eigenvalue weighted by Gasteiger charge is -2.31. The lowest BCUT2D eigenvalue weighted by molar-refractivity contribution is 0.0563. The number of aliphatic hydroxyl groups excluding tert-OH is 1. The van der Waals surface area contributed by atoms with Gasteiger partial charge in [0.25, 0.3) is 0 Å². The first-order valence-electron chi connectivity index (χ1n) is 8.07. The molecule has 124 valence electrons. The van der Waals surface area contributed by atoms with Crippen LogP contribution in [0.3, 0.4) is 0 Å². The number of hydrogen-bond donors (Lipinski definition) is 1. The minimum absolute atomic E-state index is 0.283. The Bertz CT molecular complexity index is 596. The van der Waals surface area contributed by atoms with E-state index in [0.29, 0.717) is 12.3 Å². The van der Waals surface area contributed by atoms with Gasteiger partial charge in [0.1, 0.15) is 24.8 Å². The maximum atomic E-state index is 10.2. The quantitative estimate of drug-likeness (QED) is 0.861. The van der Waals surface area contributed by atoms with Crippen LogP contribution in [0.2, 0.25) is 0 Å². The number of benzene rings is 1. The van der Waals surface area contributed by atoms with Crippen LogP contribution in [-0.2, 0) is 0 Å². The van der Waals surface area contributed by atoms with Crippen molar-refractivity contribution in [2.24, 2.45) is 5.92 Å². The predicted molar refractivity (Wildman–Crippen MR) is 85.5 cm³/mol. The normalized spacial score (nSPS) is 18.0. The van der Waals surface area contributed by atoms with Crippen molar-refractivity contribution in [2.45, 2.75) is 25.9 Å². The fourth-order valence-electron chi connectivity index (χ4n) is 2.78. The van der Waals surface area contributed by atoms with Gasteiger partial charge < -0.3 is 14.7 Å². The summed E-state index contributed by atoms with van der Waals surface area (Å²) in [4.78, 5) is 2.31. The summed E-state index contributed by atoms with van der Waals surface area (Å²) < 4.78 is 7.28. The summed E-state index contributed by atoms with van der Waals surface area (Å²) in [5.41, 5.74) is 0.826. The summed E-state index contributed by atoms with van der Waals surface area (Å²) in [7, 11) is 0. The number of nitrogens with zero attached hydrogens (tertiary/aromatic N) is 5. The van der Waals surface area contributed by atoms with Gasteiger partial charge in [0, 0.05) is 12.6 Å². The monoisotopic (exact) mass is 317 g/mol. The topological polar surface area (TPSA) is 76.3 Å². The highest BCUT2D eigenvalue weighted by Gasteiger charge is 2.18. The number of aromatic nitrogens is 4. The van der Waals surface area contributed by atoms with Crippen molar-refractivity contribution in [1.82, 2.24) is 25.1 Å². The van der Waals surface area contributed by atoms with Crippen molar-refractivity contribution in [2.75, 3.05) is 26.2 Å². The SMILES string of the molecule is CC1CCN(C[C@H](O)COc2cccc(-n3cnnn3)c2)CC1. The van der Waals surface area contributed by atoms with Gasteiger partial charge in [-0.2, -0.15) is 0 Å². The highest BCUT2D eigenvalue weighted by atomic mass is 16.5. The number of aliphatic hydroxyl groups is 1. The Morgan fingerprint density at radius 1 is 1.35 bits per heavy atom. The average molecular weight is 317 g/mol. The number of hydrogen-bond acceptors (Lipinski definition) is 6. The van der Waals surface area contributed by atoms with Crippen molar-refractivity contribution >= 4 is 0 Å². The summed E-state index contributed by atoms with van der Waals surface area (Å²) in [6.45, 7) is 5.36. The molecular formula is C16H23N5O2. The summed E-state index contributed by atoms with van der Waals surface area (Å²) in [6.07, 6.45) is 3.47. The molecule has 1 aliphatic rings. The first-order valence-corrected chi connectivity index (χ1v) is 8.07. The van der Waals surface area contributed by atoms with Crippen LogP contribution in [0.1, 0.15) is 19.8 Å². The molecule has 0 bridgehead atoms. The van der Waals surface area contributed by atoms with E-state index in [1.807, 2.05) is 24.3 Å². The van der Waals surface area contributed by atoms with Crippen LogP contribution in [0, 0.1) is 5.92 Å². The molecule has 0 amide bonds. The largest absolute Gasteiger partial charge is 0.491 e. The maximum absolute atomic E-state index is 10.2. The Labute approximate surface area is 135 Å². The zero-order valence-electron chi connectivity index (χ0n) is 13.4. The van der Waals surface area contributed by atoms with Crippen molar-refractivity contribution < 1.29 is 9.84 Å². The van der Waals surface area contributed by atoms with E-state index in [0.717, 1.165) is 24.7 Å². The van der Waals surface area contributed by atoms with Crippen molar-refractivity contribution in [3.63, 3.8) is 0 Å². The van der Waals surface area contributed by atoms with E-state index < -0.39 is 6.10 Å². The smallest absolute Gasteiger partial charge is 0.143 e. The molecule has 1 aromatic carbocycles. The lowest BCUT2D eigenvalue weighted by atomic mass is 9.99. The van der Waals surface area contributed by atoms with Crippen LogP contribution in [-0.4, -0.2) is 62.6 Å². The predicted octanol–water partition coefficient (Wildman–Crippen LogP) is 1.13. The molecule has 0 unspecified atom stereocenters. The number of rotatable bonds is 6. The van der Waals surface area contributed by atoms with Gasteiger partial charge in [0.05, 0.1) is 5.69 Å². The molecule has 2 heterocycles. The zero-order chi connectivity index (χ0) is 16.1. The summed E-state index contributed by atoms with van der Waals surface area (Å²) >= 11 is 0. The van der Waals surface area contributed by atoms with Gasteiger partial charge in [-0.25, -0.2) is 4.68 Å². The van der Waals surface area contributed by atoms with Gasteiger partial charge >= 0.3 is 0 Å². The molecule has 2 aromatic rings. The minimum Gasteiger partial charge on any atom is -0.491 e. The number of piperidine rings is 1. The molecule has 1 aromatic heterocycles. The van der Waals surface area contributed by atoms with Gasteiger partial charge in [-0.1, -0.05) is 13.0 Å². The third-order valence-corrected chi connectivity index (χ3v) is 4.22. The van der Waals surface area contributed by atoms with Gasteiger partial charge in [-0.15, -0.1) is 5.10 Å². The molecule has 1 fully saturated rings. The van der Waals surface area contributed by atoms with E-state index in [9.17, 15) is 5.11 Å². The Balaban J connectivity index is 1.49. The third-order valence-electron chi connectivity index (χ3n) is 4.22. The van der Waals surface area contributed by atoms with Crippen molar-refractivity contribution in [1.29, 1.82) is 0 Å². The van der Waals surface area contributed by atoms with Crippen LogP contribution in [0.25, 0.3) is 5.69 Å². The van der Waals surface area contributed by atoms with E-state index in [1.165, 1.54) is 19.2 Å². The van der Waals surface area contributed by atoms with Crippen LogP contribution < -0.4 is 4.74 Å². The van der Waals surface area contributed by atoms with Crippen LogP contribution in [0.5, 0.6) is 5.75 Å². The standard InChI is InChI=1S/C16H23N5O2/c1-13-5-7-20(8-6-13)10-15(22)11-23-16-4-2-3-14(9-16)21-12-17-18-19-21/h2-4,9,12-13,15,22H,5-8,10-11H2,1H3/t15-/m0/s1. The summed E-state index contributed by atoms with van der Waals surface area (Å²) in [5.74, 6) is 1.50. The van der Waals surface area contributed by atoms with Gasteiger partial charge in [0.2, 0.25) is 0 Å². The number of likely N-dealkylation sites (tertiary alicyclic amines) is 1. The molecule has 0 aliphatic carbocycles. The Morgan fingerprint density at radius 2 is 2.17 bits per heavy atom. The number of β-amino-alcohol motifs (C(OH)–C–C–N with tert-alkyl or cyclic N) is 1. The first kappa shape index (κ1) is 15.9. The molecule has 7 heteroatoms. The van der Waals surface area contributed by atoms with Crippen LogP contribution in [0.4, 0.5) is 0 Å². The van der Waals surface area contributed by atoms with Gasteiger partial charge in [0.15, 0.2) is 0 Å². The summed E-state index contributed by atoms with van der Waals surface area (Å²) in [5, 5.41) is 21.3. The average Bonchev–Trinajstić information content (AvgIpc) is 3.10. The van der Waals surface area contributed by atoms with E-state index in [2.05, 4.69) is 27.3 Å². The number of tetrazole rings is 1. The molecule has 3 rings (SSSR count). The molecule has 23 heavy (non-hydrogen) atoms.